The summed E-state index contributed by atoms with van der Waals surface area (Å²) in [5.41, 5.74) is 1.81. The molecule has 1 aliphatic rings. The van der Waals surface area contributed by atoms with E-state index in [-0.39, 0.29) is 17.7 Å². The summed E-state index contributed by atoms with van der Waals surface area (Å²) in [6, 6.07) is 12.8. The normalized spacial score (nSPS) is 19.0. The summed E-state index contributed by atoms with van der Waals surface area (Å²) in [6.07, 6.45) is 2.55. The van der Waals surface area contributed by atoms with Gasteiger partial charge in [0.05, 0.1) is 31.1 Å². The number of hydrogen-bond acceptors (Lipinski definition) is 5. The van der Waals surface area contributed by atoms with Crippen molar-refractivity contribution in [3.8, 4) is 11.5 Å². The van der Waals surface area contributed by atoms with E-state index in [0.29, 0.717) is 16.6 Å². The Balaban J connectivity index is 1.65. The zero-order chi connectivity index (χ0) is 20.1. The Morgan fingerprint density at radius 1 is 1.11 bits per heavy atom. The van der Waals surface area contributed by atoms with Gasteiger partial charge in [-0.15, -0.1) is 0 Å². The van der Waals surface area contributed by atoms with Crippen LogP contribution in [0.1, 0.15) is 30.7 Å². The lowest BCUT2D eigenvalue weighted by Gasteiger charge is -2.30. The van der Waals surface area contributed by atoms with Crippen LogP contribution >= 0.6 is 11.6 Å². The molecule has 2 N–H and O–H groups in total. The van der Waals surface area contributed by atoms with Crippen molar-refractivity contribution < 1.29 is 14.3 Å². The van der Waals surface area contributed by atoms with Crippen LogP contribution < -0.4 is 20.1 Å². The molecule has 2 aromatic carbocycles. The molecule has 3 rings (SSSR count). The third-order valence-electron chi connectivity index (χ3n) is 4.98. The predicted octanol–water partition coefficient (Wildman–Crippen LogP) is 4.74. The van der Waals surface area contributed by atoms with Gasteiger partial charge in [-0.1, -0.05) is 24.2 Å². The number of rotatable bonds is 7. The molecule has 1 saturated carbocycles. The molecule has 0 radical (unpaired) electrons. The van der Waals surface area contributed by atoms with Gasteiger partial charge in [-0.25, -0.2) is 0 Å². The molecule has 0 bridgehead atoms. The van der Waals surface area contributed by atoms with Gasteiger partial charge in [0.15, 0.2) is 5.78 Å². The molecule has 0 heterocycles. The van der Waals surface area contributed by atoms with E-state index in [9.17, 15) is 4.79 Å². The Labute approximate surface area is 170 Å². The highest BCUT2D eigenvalue weighted by Gasteiger charge is 2.32. The van der Waals surface area contributed by atoms with E-state index in [1.54, 1.807) is 20.3 Å². The highest BCUT2D eigenvalue weighted by Crippen LogP contribution is 2.34. The van der Waals surface area contributed by atoms with Crippen molar-refractivity contribution in [3.05, 3.63) is 65.5 Å². The van der Waals surface area contributed by atoms with E-state index < -0.39 is 0 Å². The summed E-state index contributed by atoms with van der Waals surface area (Å²) in [5, 5.41) is 6.98. The molecule has 0 amide bonds. The van der Waals surface area contributed by atoms with Gasteiger partial charge in [0.1, 0.15) is 11.5 Å². The van der Waals surface area contributed by atoms with Crippen molar-refractivity contribution in [2.24, 2.45) is 0 Å². The van der Waals surface area contributed by atoms with Crippen LogP contribution in [0.5, 0.6) is 11.5 Å². The average molecular weight is 401 g/mol. The lowest BCUT2D eigenvalue weighted by atomic mass is 9.80. The fraction of sp³-hybridized carbons (Fsp3) is 0.318. The zero-order valence-corrected chi connectivity index (χ0v) is 16.9. The molecule has 0 aliphatic heterocycles. The first-order valence-electron chi connectivity index (χ1n) is 9.25. The van der Waals surface area contributed by atoms with Gasteiger partial charge in [0.2, 0.25) is 0 Å². The molecule has 2 atom stereocenters. The summed E-state index contributed by atoms with van der Waals surface area (Å²) in [6.45, 7) is 4.01. The van der Waals surface area contributed by atoms with Crippen molar-refractivity contribution >= 4 is 23.1 Å². The second kappa shape index (κ2) is 9.02. The predicted molar refractivity (Wildman–Crippen MR) is 112 cm³/mol. The third kappa shape index (κ3) is 4.60. The van der Waals surface area contributed by atoms with Crippen LogP contribution in [-0.2, 0) is 4.79 Å². The van der Waals surface area contributed by atoms with Gasteiger partial charge >= 0.3 is 0 Å². The van der Waals surface area contributed by atoms with Crippen LogP contribution in [0.25, 0.3) is 0 Å². The molecule has 6 heteroatoms. The van der Waals surface area contributed by atoms with E-state index in [1.807, 2.05) is 36.4 Å². The molecule has 1 aliphatic carbocycles. The highest BCUT2D eigenvalue weighted by molar-refractivity contribution is 6.32. The number of methoxy groups -OCH3 is 2. The molecule has 2 unspecified atom stereocenters. The second-order valence-electron chi connectivity index (χ2n) is 6.81. The topological polar surface area (TPSA) is 59.6 Å². The lowest BCUT2D eigenvalue weighted by Crippen LogP contribution is -2.43. The smallest absolute Gasteiger partial charge is 0.162 e. The van der Waals surface area contributed by atoms with Crippen molar-refractivity contribution in [1.29, 1.82) is 0 Å². The number of carbonyl (C=O) groups is 1. The minimum Gasteiger partial charge on any atom is -0.497 e. The van der Waals surface area contributed by atoms with Gasteiger partial charge in [-0.3, -0.25) is 4.79 Å². The number of anilines is 1. The van der Waals surface area contributed by atoms with Gasteiger partial charge in [-0.05, 0) is 61.2 Å². The molecule has 148 valence electrons. The number of ketones is 1. The van der Waals surface area contributed by atoms with Crippen LogP contribution in [0.15, 0.2) is 54.9 Å². The Morgan fingerprint density at radius 2 is 1.86 bits per heavy atom. The first-order chi connectivity index (χ1) is 13.5. The van der Waals surface area contributed by atoms with Gasteiger partial charge in [0.25, 0.3) is 0 Å². The Kier molecular flexibility index (Phi) is 6.47. The summed E-state index contributed by atoms with van der Waals surface area (Å²) in [7, 11) is 3.21. The average Bonchev–Trinajstić information content (AvgIpc) is 2.70. The summed E-state index contributed by atoms with van der Waals surface area (Å²) < 4.78 is 10.5. The second-order valence-corrected chi connectivity index (χ2v) is 7.22. The molecule has 0 saturated heterocycles. The largest absolute Gasteiger partial charge is 0.497 e. The van der Waals surface area contributed by atoms with Crippen LogP contribution in [0.2, 0.25) is 5.02 Å². The number of carbonyl (C=O) groups excluding carboxylic acids is 1. The van der Waals surface area contributed by atoms with Crippen molar-refractivity contribution in [2.75, 3.05) is 19.5 Å². The number of benzene rings is 2. The van der Waals surface area contributed by atoms with E-state index in [0.717, 1.165) is 36.3 Å². The van der Waals surface area contributed by atoms with Gasteiger partial charge < -0.3 is 20.1 Å². The third-order valence-corrected chi connectivity index (χ3v) is 5.30. The number of halogens is 1. The van der Waals surface area contributed by atoms with E-state index in [1.165, 1.54) is 0 Å². The van der Waals surface area contributed by atoms with Crippen molar-refractivity contribution in [1.82, 2.24) is 5.32 Å². The minimum absolute atomic E-state index is 0.160. The molecule has 5 nitrogen and oxygen atoms in total. The van der Waals surface area contributed by atoms with E-state index >= 15 is 0 Å². The van der Waals surface area contributed by atoms with Crippen molar-refractivity contribution in [2.45, 2.75) is 31.2 Å². The van der Waals surface area contributed by atoms with Crippen LogP contribution in [0.3, 0.4) is 0 Å². The maximum Gasteiger partial charge on any atom is 0.162 e. The Bertz CT molecular complexity index is 851. The summed E-state index contributed by atoms with van der Waals surface area (Å²) in [4.78, 5) is 13.1. The van der Waals surface area contributed by atoms with E-state index in [4.69, 9.17) is 21.1 Å². The lowest BCUT2D eigenvalue weighted by molar-refractivity contribution is -0.124. The van der Waals surface area contributed by atoms with Crippen LogP contribution in [-0.4, -0.2) is 26.0 Å². The number of Topliss-reactive ketones (excluding diaryl/α,β-unsaturated/α-hetero) is 1. The molecule has 2 aromatic rings. The van der Waals surface area contributed by atoms with Crippen LogP contribution in [0, 0.1) is 0 Å². The quantitative estimate of drug-likeness (QED) is 0.703. The maximum atomic E-state index is 13.1. The molecule has 28 heavy (non-hydrogen) atoms. The first-order valence-corrected chi connectivity index (χ1v) is 9.63. The Morgan fingerprint density at radius 3 is 2.54 bits per heavy atom. The number of ether oxygens (including phenoxy) is 2. The van der Waals surface area contributed by atoms with Crippen LogP contribution in [0.4, 0.5) is 5.69 Å². The minimum atomic E-state index is -0.279. The van der Waals surface area contributed by atoms with E-state index in [2.05, 4.69) is 17.2 Å². The summed E-state index contributed by atoms with van der Waals surface area (Å²) >= 11 is 6.12. The molecular formula is C22H25ClN2O3. The molecule has 0 aromatic heterocycles. The highest BCUT2D eigenvalue weighted by atomic mass is 35.5. The molecule has 1 fully saturated rings. The maximum absolute atomic E-state index is 13.1. The fourth-order valence-corrected chi connectivity index (χ4v) is 3.71. The SMILES string of the molecule is C=C(Nc1ccc(OC)cc1)NC1CCCC(c2ccc(Cl)c(OC)c2)C1=O. The fourth-order valence-electron chi connectivity index (χ4n) is 3.52. The number of nitrogens with one attached hydrogen (secondary N) is 2. The monoisotopic (exact) mass is 400 g/mol. The van der Waals surface area contributed by atoms with Crippen molar-refractivity contribution in [3.63, 3.8) is 0 Å². The van der Waals surface area contributed by atoms with Gasteiger partial charge in [0, 0.05) is 11.6 Å². The first kappa shape index (κ1) is 20.1. The number of hydrogen-bond donors (Lipinski definition) is 2. The standard InChI is InChI=1S/C22H25ClN2O3/c1-14(24-16-8-10-17(27-2)11-9-16)25-20-6-4-5-18(22(20)26)15-7-12-19(23)21(13-15)28-3/h7-13,18,20,24-25H,1,4-6H2,2-3H3. The summed E-state index contributed by atoms with van der Waals surface area (Å²) in [5.74, 6) is 1.96. The molecular weight excluding hydrogens is 376 g/mol. The zero-order valence-electron chi connectivity index (χ0n) is 16.1. The van der Waals surface area contributed by atoms with Gasteiger partial charge in [-0.2, -0.15) is 0 Å². The Hall–Kier alpha value is -2.66. The molecule has 0 spiro atoms.